The summed E-state index contributed by atoms with van der Waals surface area (Å²) in [5.74, 6) is 0.149. The van der Waals surface area contributed by atoms with Crippen molar-refractivity contribution in [3.05, 3.63) is 0 Å². The van der Waals surface area contributed by atoms with E-state index in [0.717, 1.165) is 25.9 Å². The minimum absolute atomic E-state index is 0.0610. The van der Waals surface area contributed by atoms with Gasteiger partial charge in [0.2, 0.25) is 5.91 Å². The Kier molecular flexibility index (Phi) is 6.18. The van der Waals surface area contributed by atoms with Gasteiger partial charge in [-0.1, -0.05) is 6.42 Å². The van der Waals surface area contributed by atoms with Crippen LogP contribution in [0.2, 0.25) is 0 Å². The summed E-state index contributed by atoms with van der Waals surface area (Å²) in [7, 11) is 1.76. The van der Waals surface area contributed by atoms with Crippen LogP contribution in [-0.4, -0.2) is 66.8 Å². The molecule has 2 fully saturated rings. The highest BCUT2D eigenvalue weighted by atomic mass is 16.2. The SMILES string of the molecule is CN[C@@H](CC(C)=O)C(=O)N1CCC(N2CCCCC2)CC1. The van der Waals surface area contributed by atoms with Gasteiger partial charge in [-0.15, -0.1) is 0 Å². The third-order valence-corrected chi connectivity index (χ3v) is 4.82. The lowest BCUT2D eigenvalue weighted by molar-refractivity contribution is -0.136. The van der Waals surface area contributed by atoms with Crippen molar-refractivity contribution in [1.82, 2.24) is 15.1 Å². The Labute approximate surface area is 128 Å². The number of nitrogens with zero attached hydrogens (tertiary/aromatic N) is 2. The van der Waals surface area contributed by atoms with Crippen LogP contribution in [0.25, 0.3) is 0 Å². The fourth-order valence-corrected chi connectivity index (χ4v) is 3.56. The summed E-state index contributed by atoms with van der Waals surface area (Å²) >= 11 is 0. The molecule has 0 spiro atoms. The molecule has 2 rings (SSSR count). The van der Waals surface area contributed by atoms with Crippen molar-refractivity contribution in [3.63, 3.8) is 0 Å². The summed E-state index contributed by atoms with van der Waals surface area (Å²) in [5.41, 5.74) is 0. The van der Waals surface area contributed by atoms with Gasteiger partial charge in [0.1, 0.15) is 5.78 Å². The monoisotopic (exact) mass is 295 g/mol. The number of nitrogens with one attached hydrogen (secondary N) is 1. The normalized spacial score (nSPS) is 23.0. The number of rotatable bonds is 5. The van der Waals surface area contributed by atoms with Crippen LogP contribution in [0.4, 0.5) is 0 Å². The van der Waals surface area contributed by atoms with Crippen molar-refractivity contribution >= 4 is 11.7 Å². The summed E-state index contributed by atoms with van der Waals surface area (Å²) < 4.78 is 0. The Morgan fingerprint density at radius 3 is 2.24 bits per heavy atom. The first-order valence-electron chi connectivity index (χ1n) is 8.31. The van der Waals surface area contributed by atoms with Crippen molar-refractivity contribution in [1.29, 1.82) is 0 Å². The van der Waals surface area contributed by atoms with Gasteiger partial charge in [-0.25, -0.2) is 0 Å². The number of ketones is 1. The predicted octanol–water partition coefficient (Wildman–Crippen LogP) is 1.03. The molecule has 0 unspecified atom stereocenters. The summed E-state index contributed by atoms with van der Waals surface area (Å²) in [5, 5.41) is 2.98. The van der Waals surface area contributed by atoms with Crippen LogP contribution >= 0.6 is 0 Å². The van der Waals surface area contributed by atoms with Gasteiger partial charge in [-0.2, -0.15) is 0 Å². The molecule has 1 atom stereocenters. The van der Waals surface area contributed by atoms with Crippen molar-refractivity contribution in [2.75, 3.05) is 33.2 Å². The summed E-state index contributed by atoms with van der Waals surface area (Å²) in [6, 6.07) is 0.296. The molecule has 1 N–H and O–H groups in total. The summed E-state index contributed by atoms with van der Waals surface area (Å²) in [4.78, 5) is 28.2. The fourth-order valence-electron chi connectivity index (χ4n) is 3.56. The third kappa shape index (κ3) is 4.51. The minimum Gasteiger partial charge on any atom is -0.341 e. The van der Waals surface area contributed by atoms with Gasteiger partial charge in [-0.3, -0.25) is 9.59 Å². The van der Waals surface area contributed by atoms with Gasteiger partial charge < -0.3 is 15.1 Å². The van der Waals surface area contributed by atoms with Crippen LogP contribution < -0.4 is 5.32 Å². The van der Waals surface area contributed by atoms with Crippen LogP contribution in [0.3, 0.4) is 0 Å². The third-order valence-electron chi connectivity index (χ3n) is 4.82. The Hall–Kier alpha value is -0.940. The first-order chi connectivity index (χ1) is 10.1. The van der Waals surface area contributed by atoms with E-state index in [9.17, 15) is 9.59 Å². The molecule has 0 aromatic carbocycles. The predicted molar refractivity (Wildman–Crippen MR) is 83.2 cm³/mol. The van der Waals surface area contributed by atoms with E-state index in [1.807, 2.05) is 4.90 Å². The average Bonchev–Trinajstić information content (AvgIpc) is 2.53. The number of piperidine rings is 2. The molecular weight excluding hydrogens is 266 g/mol. The number of Topliss-reactive ketones (excluding diaryl/α,β-unsaturated/α-hetero) is 1. The molecule has 21 heavy (non-hydrogen) atoms. The molecule has 2 aliphatic rings. The largest absolute Gasteiger partial charge is 0.341 e. The van der Waals surface area contributed by atoms with Gasteiger partial charge in [0, 0.05) is 25.6 Å². The minimum atomic E-state index is -0.353. The van der Waals surface area contributed by atoms with Gasteiger partial charge in [0.25, 0.3) is 0 Å². The van der Waals surface area contributed by atoms with E-state index < -0.39 is 0 Å². The Bertz CT molecular complexity index is 359. The zero-order chi connectivity index (χ0) is 15.2. The molecule has 120 valence electrons. The molecule has 2 heterocycles. The maximum absolute atomic E-state index is 12.4. The molecule has 5 nitrogen and oxygen atoms in total. The second-order valence-electron chi connectivity index (χ2n) is 6.40. The van der Waals surface area contributed by atoms with E-state index in [-0.39, 0.29) is 17.7 Å². The van der Waals surface area contributed by atoms with Crippen molar-refractivity contribution in [3.8, 4) is 0 Å². The first-order valence-corrected chi connectivity index (χ1v) is 8.31. The van der Waals surface area contributed by atoms with E-state index >= 15 is 0 Å². The van der Waals surface area contributed by atoms with Gasteiger partial charge in [-0.05, 0) is 52.7 Å². The second-order valence-corrected chi connectivity index (χ2v) is 6.40. The summed E-state index contributed by atoms with van der Waals surface area (Å²) in [6.07, 6.45) is 6.44. The number of hydrogen-bond acceptors (Lipinski definition) is 4. The van der Waals surface area contributed by atoms with E-state index in [2.05, 4.69) is 10.2 Å². The molecule has 5 heteroatoms. The van der Waals surface area contributed by atoms with Crippen LogP contribution in [0.15, 0.2) is 0 Å². The molecule has 1 amide bonds. The Balaban J connectivity index is 1.81. The van der Waals surface area contributed by atoms with Crippen LogP contribution in [-0.2, 0) is 9.59 Å². The Morgan fingerprint density at radius 2 is 1.71 bits per heavy atom. The zero-order valence-electron chi connectivity index (χ0n) is 13.4. The quantitative estimate of drug-likeness (QED) is 0.823. The molecule has 0 saturated carbocycles. The van der Waals surface area contributed by atoms with Crippen molar-refractivity contribution in [2.24, 2.45) is 0 Å². The lowest BCUT2D eigenvalue weighted by Gasteiger charge is -2.40. The van der Waals surface area contributed by atoms with Gasteiger partial charge in [0.15, 0.2) is 0 Å². The lowest BCUT2D eigenvalue weighted by atomic mass is 9.99. The van der Waals surface area contributed by atoms with E-state index in [1.54, 1.807) is 14.0 Å². The van der Waals surface area contributed by atoms with E-state index in [1.165, 1.54) is 32.4 Å². The van der Waals surface area contributed by atoms with E-state index in [4.69, 9.17) is 0 Å². The molecule has 0 bridgehead atoms. The molecule has 0 radical (unpaired) electrons. The molecule has 0 aromatic rings. The Morgan fingerprint density at radius 1 is 1.10 bits per heavy atom. The number of likely N-dealkylation sites (tertiary alicyclic amines) is 2. The standard InChI is InChI=1S/C16H29N3O2/c1-13(20)12-15(17-2)16(21)19-10-6-14(7-11-19)18-8-4-3-5-9-18/h14-15,17H,3-12H2,1-2H3/t15-/m0/s1. The molecule has 2 aliphatic heterocycles. The molecule has 0 aromatic heterocycles. The highest BCUT2D eigenvalue weighted by Gasteiger charge is 2.30. The number of amides is 1. The second kappa shape index (κ2) is 7.90. The average molecular weight is 295 g/mol. The number of carbonyl (C=O) groups excluding carboxylic acids is 2. The number of hydrogen-bond donors (Lipinski definition) is 1. The first kappa shape index (κ1) is 16.4. The molecule has 2 saturated heterocycles. The molecule has 0 aliphatic carbocycles. The van der Waals surface area contributed by atoms with Gasteiger partial charge >= 0.3 is 0 Å². The topological polar surface area (TPSA) is 52.7 Å². The van der Waals surface area contributed by atoms with Crippen molar-refractivity contribution in [2.45, 2.75) is 57.5 Å². The lowest BCUT2D eigenvalue weighted by Crippen LogP contribution is -2.52. The number of likely N-dealkylation sites (N-methyl/N-ethyl adjacent to an activating group) is 1. The summed E-state index contributed by atoms with van der Waals surface area (Å²) in [6.45, 7) is 5.65. The van der Waals surface area contributed by atoms with Gasteiger partial charge in [0.05, 0.1) is 6.04 Å². The fraction of sp³-hybridized carbons (Fsp3) is 0.875. The molecular formula is C16H29N3O2. The maximum atomic E-state index is 12.4. The smallest absolute Gasteiger partial charge is 0.240 e. The van der Waals surface area contributed by atoms with E-state index in [0.29, 0.717) is 12.5 Å². The number of carbonyl (C=O) groups is 2. The highest BCUT2D eigenvalue weighted by Crippen LogP contribution is 2.21. The zero-order valence-corrected chi connectivity index (χ0v) is 13.4. The van der Waals surface area contributed by atoms with Crippen LogP contribution in [0.1, 0.15) is 45.4 Å². The van der Waals surface area contributed by atoms with Crippen LogP contribution in [0, 0.1) is 0 Å². The highest BCUT2D eigenvalue weighted by molar-refractivity contribution is 5.88. The maximum Gasteiger partial charge on any atom is 0.240 e. The van der Waals surface area contributed by atoms with Crippen molar-refractivity contribution < 1.29 is 9.59 Å². The van der Waals surface area contributed by atoms with Crippen LogP contribution in [0.5, 0.6) is 0 Å².